The Balaban J connectivity index is 2.02. The first-order chi connectivity index (χ1) is 4.76. The van der Waals surface area contributed by atoms with Crippen LogP contribution in [0.15, 0.2) is 0 Å². The molecule has 2 saturated carbocycles. The molecule has 0 aliphatic heterocycles. The van der Waals surface area contributed by atoms with Crippen molar-refractivity contribution >= 4 is 0 Å². The lowest BCUT2D eigenvalue weighted by molar-refractivity contribution is 0.0466. The summed E-state index contributed by atoms with van der Waals surface area (Å²) in [6.45, 7) is 2.41. The highest BCUT2D eigenvalue weighted by molar-refractivity contribution is 5.05. The van der Waals surface area contributed by atoms with E-state index in [1.54, 1.807) is 0 Å². The molecule has 0 unspecified atom stereocenters. The van der Waals surface area contributed by atoms with Crippen molar-refractivity contribution in [3.8, 4) is 0 Å². The normalized spacial score (nSPS) is 52.2. The Labute approximate surface area is 62.8 Å². The SMILES string of the molecule is CO[C@@H]1CCC[C@@]2(C)C[C@H]12. The maximum absolute atomic E-state index is 5.41. The van der Waals surface area contributed by atoms with E-state index in [4.69, 9.17) is 4.74 Å². The van der Waals surface area contributed by atoms with Crippen molar-refractivity contribution in [1.29, 1.82) is 0 Å². The lowest BCUT2D eigenvalue weighted by Gasteiger charge is -2.24. The number of ether oxygens (including phenoxy) is 1. The third-order valence-electron chi connectivity index (χ3n) is 3.41. The van der Waals surface area contributed by atoms with Crippen molar-refractivity contribution < 1.29 is 4.74 Å². The molecule has 1 heteroatoms. The molecular weight excluding hydrogens is 124 g/mol. The van der Waals surface area contributed by atoms with Crippen LogP contribution in [0.5, 0.6) is 0 Å². The fraction of sp³-hybridized carbons (Fsp3) is 1.00. The fourth-order valence-electron chi connectivity index (χ4n) is 2.50. The maximum atomic E-state index is 5.41. The first-order valence-corrected chi connectivity index (χ1v) is 4.29. The molecule has 2 aliphatic rings. The van der Waals surface area contributed by atoms with Gasteiger partial charge < -0.3 is 4.74 Å². The Bertz CT molecular complexity index is 142. The van der Waals surface area contributed by atoms with Crippen LogP contribution in [0.2, 0.25) is 0 Å². The molecule has 3 atom stereocenters. The van der Waals surface area contributed by atoms with Gasteiger partial charge in [-0.3, -0.25) is 0 Å². The van der Waals surface area contributed by atoms with Crippen LogP contribution in [-0.2, 0) is 4.74 Å². The molecule has 0 aromatic carbocycles. The van der Waals surface area contributed by atoms with Crippen LogP contribution in [-0.4, -0.2) is 13.2 Å². The highest BCUT2D eigenvalue weighted by Crippen LogP contribution is 2.61. The van der Waals surface area contributed by atoms with Gasteiger partial charge in [-0.05, 0) is 30.6 Å². The molecule has 0 spiro atoms. The zero-order valence-electron chi connectivity index (χ0n) is 6.89. The molecule has 2 fully saturated rings. The molecule has 2 aliphatic carbocycles. The molecule has 2 rings (SSSR count). The van der Waals surface area contributed by atoms with Gasteiger partial charge in [0.05, 0.1) is 6.10 Å². The van der Waals surface area contributed by atoms with Crippen molar-refractivity contribution in [2.24, 2.45) is 11.3 Å². The topological polar surface area (TPSA) is 9.23 Å². The van der Waals surface area contributed by atoms with Crippen molar-refractivity contribution in [3.63, 3.8) is 0 Å². The first kappa shape index (κ1) is 6.66. The summed E-state index contributed by atoms with van der Waals surface area (Å²) < 4.78 is 5.41. The summed E-state index contributed by atoms with van der Waals surface area (Å²) in [5, 5.41) is 0. The second-order valence-corrected chi connectivity index (χ2v) is 4.13. The van der Waals surface area contributed by atoms with Crippen LogP contribution < -0.4 is 0 Å². The van der Waals surface area contributed by atoms with E-state index in [1.807, 2.05) is 7.11 Å². The predicted molar refractivity (Wildman–Crippen MR) is 40.9 cm³/mol. The van der Waals surface area contributed by atoms with Gasteiger partial charge in [0.15, 0.2) is 0 Å². The van der Waals surface area contributed by atoms with Gasteiger partial charge in [0.25, 0.3) is 0 Å². The van der Waals surface area contributed by atoms with Gasteiger partial charge in [-0.25, -0.2) is 0 Å². The summed E-state index contributed by atoms with van der Waals surface area (Å²) in [4.78, 5) is 0. The molecule has 0 heterocycles. The molecule has 1 nitrogen and oxygen atoms in total. The summed E-state index contributed by atoms with van der Waals surface area (Å²) in [5.74, 6) is 0.909. The molecule has 58 valence electrons. The Kier molecular flexibility index (Phi) is 1.31. The van der Waals surface area contributed by atoms with E-state index in [1.165, 1.54) is 25.7 Å². The molecular formula is C9H16O. The second kappa shape index (κ2) is 1.97. The average molecular weight is 140 g/mol. The van der Waals surface area contributed by atoms with E-state index in [-0.39, 0.29) is 0 Å². The van der Waals surface area contributed by atoms with Gasteiger partial charge in [-0.15, -0.1) is 0 Å². The lowest BCUT2D eigenvalue weighted by Crippen LogP contribution is -2.21. The van der Waals surface area contributed by atoms with E-state index < -0.39 is 0 Å². The van der Waals surface area contributed by atoms with Crippen LogP contribution in [0, 0.1) is 11.3 Å². The monoisotopic (exact) mass is 140 g/mol. The molecule has 0 bridgehead atoms. The highest BCUT2D eigenvalue weighted by atomic mass is 16.5. The molecule has 0 N–H and O–H groups in total. The van der Waals surface area contributed by atoms with E-state index in [0.29, 0.717) is 11.5 Å². The third-order valence-corrected chi connectivity index (χ3v) is 3.41. The van der Waals surface area contributed by atoms with Gasteiger partial charge >= 0.3 is 0 Å². The Morgan fingerprint density at radius 2 is 2.30 bits per heavy atom. The zero-order chi connectivity index (χ0) is 7.19. The van der Waals surface area contributed by atoms with Crippen LogP contribution in [0.3, 0.4) is 0 Å². The first-order valence-electron chi connectivity index (χ1n) is 4.29. The van der Waals surface area contributed by atoms with Crippen LogP contribution in [0.1, 0.15) is 32.6 Å². The van der Waals surface area contributed by atoms with Crippen molar-refractivity contribution in [2.75, 3.05) is 7.11 Å². The summed E-state index contributed by atoms with van der Waals surface area (Å²) >= 11 is 0. The summed E-state index contributed by atoms with van der Waals surface area (Å²) in [6.07, 6.45) is 6.14. The number of rotatable bonds is 1. The van der Waals surface area contributed by atoms with Crippen molar-refractivity contribution in [2.45, 2.75) is 38.7 Å². The number of methoxy groups -OCH3 is 1. The Morgan fingerprint density at radius 1 is 1.50 bits per heavy atom. The average Bonchev–Trinajstić information content (AvgIpc) is 2.59. The third kappa shape index (κ3) is 0.800. The van der Waals surface area contributed by atoms with Crippen molar-refractivity contribution in [3.05, 3.63) is 0 Å². The lowest BCUT2D eigenvalue weighted by atomic mass is 9.88. The summed E-state index contributed by atoms with van der Waals surface area (Å²) in [6, 6.07) is 0. The van der Waals surface area contributed by atoms with E-state index >= 15 is 0 Å². The van der Waals surface area contributed by atoms with Crippen LogP contribution in [0.4, 0.5) is 0 Å². The maximum Gasteiger partial charge on any atom is 0.0604 e. The molecule has 0 radical (unpaired) electrons. The fourth-order valence-corrected chi connectivity index (χ4v) is 2.50. The Hall–Kier alpha value is -0.0400. The van der Waals surface area contributed by atoms with Gasteiger partial charge in [-0.1, -0.05) is 13.3 Å². The van der Waals surface area contributed by atoms with Crippen LogP contribution in [0.25, 0.3) is 0 Å². The van der Waals surface area contributed by atoms with Gasteiger partial charge in [0.2, 0.25) is 0 Å². The second-order valence-electron chi connectivity index (χ2n) is 4.13. The largest absolute Gasteiger partial charge is 0.381 e. The highest BCUT2D eigenvalue weighted by Gasteiger charge is 2.55. The van der Waals surface area contributed by atoms with Gasteiger partial charge in [-0.2, -0.15) is 0 Å². The minimum atomic E-state index is 0.596. The van der Waals surface area contributed by atoms with Crippen molar-refractivity contribution in [1.82, 2.24) is 0 Å². The number of hydrogen-bond donors (Lipinski definition) is 0. The standard InChI is InChI=1S/C9H16O/c1-9-5-3-4-8(10-2)7(9)6-9/h7-8H,3-6H2,1-2H3/t7-,8-,9+/m1/s1. The smallest absolute Gasteiger partial charge is 0.0604 e. The quantitative estimate of drug-likeness (QED) is 0.542. The van der Waals surface area contributed by atoms with Gasteiger partial charge in [0.1, 0.15) is 0 Å². The Morgan fingerprint density at radius 3 is 2.90 bits per heavy atom. The summed E-state index contributed by atoms with van der Waals surface area (Å²) in [5.41, 5.74) is 0.693. The zero-order valence-corrected chi connectivity index (χ0v) is 6.89. The molecule has 0 saturated heterocycles. The van der Waals surface area contributed by atoms with Gasteiger partial charge in [0, 0.05) is 7.11 Å². The number of hydrogen-bond acceptors (Lipinski definition) is 1. The molecule has 0 aromatic heterocycles. The van der Waals surface area contributed by atoms with E-state index in [0.717, 1.165) is 5.92 Å². The molecule has 0 amide bonds. The van der Waals surface area contributed by atoms with E-state index in [9.17, 15) is 0 Å². The van der Waals surface area contributed by atoms with Crippen LogP contribution >= 0.6 is 0 Å². The number of fused-ring (bicyclic) bond motifs is 1. The minimum absolute atomic E-state index is 0.596. The minimum Gasteiger partial charge on any atom is -0.381 e. The van der Waals surface area contributed by atoms with E-state index in [2.05, 4.69) is 6.92 Å². The summed E-state index contributed by atoms with van der Waals surface area (Å²) in [7, 11) is 1.86. The predicted octanol–water partition coefficient (Wildman–Crippen LogP) is 2.21. The molecule has 0 aromatic rings. The molecule has 10 heavy (non-hydrogen) atoms.